The Balaban J connectivity index is 1.23. The van der Waals surface area contributed by atoms with Gasteiger partial charge in [-0.1, -0.05) is 48.0 Å². The lowest BCUT2D eigenvalue weighted by Crippen LogP contribution is -2.53. The van der Waals surface area contributed by atoms with Gasteiger partial charge >= 0.3 is 0 Å². The fourth-order valence-electron chi connectivity index (χ4n) is 7.19. The zero-order valence-electron chi connectivity index (χ0n) is 27.3. The van der Waals surface area contributed by atoms with E-state index >= 15 is 0 Å². The summed E-state index contributed by atoms with van der Waals surface area (Å²) in [5, 5.41) is 3.46. The van der Waals surface area contributed by atoms with Crippen molar-refractivity contribution in [3.8, 4) is 11.5 Å². The Morgan fingerprint density at radius 2 is 1.79 bits per heavy atom. The number of piperidine rings is 1. The van der Waals surface area contributed by atoms with E-state index in [4.69, 9.17) is 25.8 Å². The predicted octanol–water partition coefficient (Wildman–Crippen LogP) is 7.68. The van der Waals surface area contributed by atoms with Crippen molar-refractivity contribution in [1.29, 1.82) is 0 Å². The molecule has 1 amide bonds. The molecule has 3 aromatic rings. The second kappa shape index (κ2) is 14.8. The second-order valence-electron chi connectivity index (χ2n) is 13.0. The van der Waals surface area contributed by atoms with Crippen LogP contribution in [0.1, 0.15) is 60.8 Å². The van der Waals surface area contributed by atoms with E-state index < -0.39 is 11.6 Å². The summed E-state index contributed by atoms with van der Waals surface area (Å²) in [7, 11) is 3.43. The Hall–Kier alpha value is -3.46. The molecule has 3 aromatic carbocycles. The van der Waals surface area contributed by atoms with E-state index in [0.29, 0.717) is 31.9 Å². The van der Waals surface area contributed by atoms with Gasteiger partial charge in [-0.25, -0.2) is 8.78 Å². The summed E-state index contributed by atoms with van der Waals surface area (Å²) in [6.07, 6.45) is 5.98. The fourth-order valence-corrected chi connectivity index (χ4v) is 7.40. The molecule has 1 saturated heterocycles. The minimum absolute atomic E-state index is 0.0373. The van der Waals surface area contributed by atoms with E-state index in [2.05, 4.69) is 47.5 Å². The molecule has 3 atom stereocenters. The normalized spacial score (nSPS) is 20.7. The number of carbonyl (C=O) groups is 1. The zero-order valence-corrected chi connectivity index (χ0v) is 28.0. The monoisotopic (exact) mass is 664 g/mol. The van der Waals surface area contributed by atoms with Gasteiger partial charge in [-0.2, -0.15) is 0 Å². The van der Waals surface area contributed by atoms with Gasteiger partial charge in [0.25, 0.3) is 5.91 Å². The lowest BCUT2D eigenvalue weighted by Gasteiger charge is -2.43. The van der Waals surface area contributed by atoms with Crippen molar-refractivity contribution in [2.24, 2.45) is 5.92 Å². The summed E-state index contributed by atoms with van der Waals surface area (Å²) in [6, 6.07) is 16.9. The van der Waals surface area contributed by atoms with E-state index in [1.165, 1.54) is 0 Å². The van der Waals surface area contributed by atoms with E-state index in [1.54, 1.807) is 14.2 Å². The van der Waals surface area contributed by atoms with E-state index in [-0.39, 0.29) is 41.4 Å². The number of nitrogens with zero attached hydrogens (tertiary/aromatic N) is 1. The number of halogens is 3. The van der Waals surface area contributed by atoms with Gasteiger partial charge in [0.2, 0.25) is 0 Å². The third-order valence-electron chi connectivity index (χ3n) is 9.75. The standard InChI is InChI=1S/C38H43ClF2N2O4/c1-23-27(7-4-8-34(23)46-3)21-43(29-13-14-29)38(44)35-30(20-28-18-25(22-45-2)19-33(35)42-28)26-11-9-24(10-12-26)6-5-17-47-37-32(41)16-15-31(40)36(37)39/h4,7-12,15-16,25,28-29,33,42H,5-6,13-14,17-22H2,1-3H3/t25?,28-,33?/m0/s1. The van der Waals surface area contributed by atoms with Crippen molar-refractivity contribution in [2.75, 3.05) is 27.4 Å². The first-order valence-corrected chi connectivity index (χ1v) is 16.9. The number of ether oxygens (including phenoxy) is 3. The maximum absolute atomic E-state index is 14.7. The van der Waals surface area contributed by atoms with Crippen molar-refractivity contribution >= 4 is 23.1 Å². The fraction of sp³-hybridized carbons (Fsp3) is 0.447. The summed E-state index contributed by atoms with van der Waals surface area (Å²) >= 11 is 5.89. The lowest BCUT2D eigenvalue weighted by molar-refractivity contribution is -0.129. The summed E-state index contributed by atoms with van der Waals surface area (Å²) in [6.45, 7) is 3.50. The minimum atomic E-state index is -0.710. The maximum Gasteiger partial charge on any atom is 0.252 e. The molecule has 250 valence electrons. The van der Waals surface area contributed by atoms with Crippen molar-refractivity contribution in [1.82, 2.24) is 10.2 Å². The van der Waals surface area contributed by atoms with Crippen LogP contribution in [-0.2, 0) is 22.5 Å². The highest BCUT2D eigenvalue weighted by molar-refractivity contribution is 6.32. The lowest BCUT2D eigenvalue weighted by atomic mass is 9.75. The van der Waals surface area contributed by atoms with Crippen LogP contribution in [0.2, 0.25) is 5.02 Å². The molecule has 9 heteroatoms. The molecule has 1 N–H and O–H groups in total. The molecule has 6 nitrogen and oxygen atoms in total. The van der Waals surface area contributed by atoms with Crippen molar-refractivity contribution in [3.63, 3.8) is 0 Å². The number of nitrogens with one attached hydrogen (secondary N) is 1. The van der Waals surface area contributed by atoms with Crippen LogP contribution < -0.4 is 14.8 Å². The number of methoxy groups -OCH3 is 2. The van der Waals surface area contributed by atoms with Crippen LogP contribution in [0.15, 0.2) is 60.2 Å². The quantitative estimate of drug-likeness (QED) is 0.150. The van der Waals surface area contributed by atoms with Crippen LogP contribution >= 0.6 is 11.6 Å². The van der Waals surface area contributed by atoms with Crippen LogP contribution in [-0.4, -0.2) is 56.4 Å². The summed E-state index contributed by atoms with van der Waals surface area (Å²) < 4.78 is 44.4. The average molecular weight is 665 g/mol. The number of rotatable bonds is 13. The molecular formula is C38H43ClF2N2O4. The number of carbonyl (C=O) groups excluding carboxylic acids is 1. The number of hydrogen-bond acceptors (Lipinski definition) is 5. The Kier molecular flexibility index (Phi) is 10.5. The van der Waals surface area contributed by atoms with E-state index in [1.807, 2.05) is 12.1 Å². The molecule has 47 heavy (non-hydrogen) atoms. The Labute approximate surface area is 281 Å². The van der Waals surface area contributed by atoms with Crippen molar-refractivity contribution < 1.29 is 27.8 Å². The highest BCUT2D eigenvalue weighted by atomic mass is 35.5. The zero-order chi connectivity index (χ0) is 33.1. The molecule has 1 aliphatic carbocycles. The van der Waals surface area contributed by atoms with Gasteiger partial charge < -0.3 is 24.4 Å². The van der Waals surface area contributed by atoms with Gasteiger partial charge in [0, 0.05) is 44.0 Å². The number of aryl methyl sites for hydroxylation is 1. The molecule has 0 aromatic heterocycles. The Morgan fingerprint density at radius 1 is 1.02 bits per heavy atom. The SMILES string of the molecule is COCC1CC2N[C@H](CC(c3ccc(CCCOc4c(F)ccc(F)c4Cl)cc3)=C2C(=O)N(Cc2cccc(OC)c2C)C2CC2)C1. The molecular weight excluding hydrogens is 622 g/mol. The number of amides is 1. The molecule has 1 saturated carbocycles. The highest BCUT2D eigenvalue weighted by Crippen LogP contribution is 2.41. The topological polar surface area (TPSA) is 60.0 Å². The van der Waals surface area contributed by atoms with Gasteiger partial charge in [-0.3, -0.25) is 4.79 Å². The first-order valence-electron chi connectivity index (χ1n) is 16.5. The smallest absolute Gasteiger partial charge is 0.252 e. The Morgan fingerprint density at radius 3 is 2.51 bits per heavy atom. The van der Waals surface area contributed by atoms with Gasteiger partial charge in [0.05, 0.1) is 13.7 Å². The molecule has 2 bridgehead atoms. The number of hydrogen-bond donors (Lipinski definition) is 1. The maximum atomic E-state index is 14.7. The molecule has 3 aliphatic rings. The molecule has 6 rings (SSSR count). The molecule has 0 spiro atoms. The molecule has 2 heterocycles. The van der Waals surface area contributed by atoms with Gasteiger partial charge in [0.15, 0.2) is 11.6 Å². The summed E-state index contributed by atoms with van der Waals surface area (Å²) in [5.41, 5.74) is 6.33. The third-order valence-corrected chi connectivity index (χ3v) is 10.1. The predicted molar refractivity (Wildman–Crippen MR) is 180 cm³/mol. The second-order valence-corrected chi connectivity index (χ2v) is 13.4. The van der Waals surface area contributed by atoms with Crippen LogP contribution in [0.5, 0.6) is 11.5 Å². The molecule has 2 fully saturated rings. The van der Waals surface area contributed by atoms with E-state index in [9.17, 15) is 13.6 Å². The van der Waals surface area contributed by atoms with Crippen LogP contribution in [0, 0.1) is 24.5 Å². The third kappa shape index (κ3) is 7.50. The molecule has 0 radical (unpaired) electrons. The first kappa shape index (κ1) is 33.4. The van der Waals surface area contributed by atoms with E-state index in [0.717, 1.165) is 83.4 Å². The van der Waals surface area contributed by atoms with Gasteiger partial charge in [-0.05, 0) is 104 Å². The van der Waals surface area contributed by atoms with Crippen LogP contribution in [0.3, 0.4) is 0 Å². The van der Waals surface area contributed by atoms with Crippen molar-refractivity contribution in [3.05, 3.63) is 99.1 Å². The Bertz CT molecular complexity index is 1620. The largest absolute Gasteiger partial charge is 0.496 e. The minimum Gasteiger partial charge on any atom is -0.496 e. The van der Waals surface area contributed by atoms with Gasteiger partial charge in [-0.15, -0.1) is 0 Å². The van der Waals surface area contributed by atoms with Crippen LogP contribution in [0.25, 0.3) is 5.57 Å². The van der Waals surface area contributed by atoms with Gasteiger partial charge in [0.1, 0.15) is 16.6 Å². The van der Waals surface area contributed by atoms with Crippen LogP contribution in [0.4, 0.5) is 8.78 Å². The average Bonchev–Trinajstić information content (AvgIpc) is 3.91. The molecule has 2 unspecified atom stereocenters. The number of fused-ring (bicyclic) bond motifs is 2. The highest BCUT2D eigenvalue weighted by Gasteiger charge is 2.43. The van der Waals surface area contributed by atoms with Crippen molar-refractivity contribution in [2.45, 2.75) is 76.5 Å². The first-order chi connectivity index (χ1) is 22.8. The summed E-state index contributed by atoms with van der Waals surface area (Å²) in [5.74, 6) is -0.299. The number of benzene rings is 3. The summed E-state index contributed by atoms with van der Waals surface area (Å²) in [4.78, 5) is 16.8. The molecule has 2 aliphatic heterocycles.